The third-order valence-corrected chi connectivity index (χ3v) is 4.48. The van der Waals surface area contributed by atoms with Crippen LogP contribution in [0.4, 0.5) is 0 Å². The van der Waals surface area contributed by atoms with Crippen LogP contribution in [0.3, 0.4) is 0 Å². The van der Waals surface area contributed by atoms with Crippen LogP contribution in [0.15, 0.2) is 6.07 Å². The minimum Gasteiger partial charge on any atom is -0.315 e. The largest absolute Gasteiger partial charge is 0.315 e. The van der Waals surface area contributed by atoms with Gasteiger partial charge in [0.1, 0.15) is 0 Å². The van der Waals surface area contributed by atoms with E-state index in [0.29, 0.717) is 0 Å². The van der Waals surface area contributed by atoms with Crippen LogP contribution in [-0.4, -0.2) is 30.6 Å². The van der Waals surface area contributed by atoms with Crippen LogP contribution in [0.5, 0.6) is 0 Å². The predicted octanol–water partition coefficient (Wildman–Crippen LogP) is 2.55. The van der Waals surface area contributed by atoms with Crippen LogP contribution >= 0.6 is 11.3 Å². The number of thiophene rings is 1. The Morgan fingerprint density at radius 3 is 2.81 bits per heavy atom. The highest BCUT2D eigenvalue weighted by molar-refractivity contribution is 7.12. The Labute approximate surface area is 103 Å². The quantitative estimate of drug-likeness (QED) is 0.867. The lowest BCUT2D eigenvalue weighted by atomic mass is 10.1. The first-order chi connectivity index (χ1) is 7.70. The smallest absolute Gasteiger partial charge is 0.0248 e. The van der Waals surface area contributed by atoms with Gasteiger partial charge in [0, 0.05) is 28.9 Å². The first-order valence-corrected chi connectivity index (χ1v) is 7.03. The first kappa shape index (κ1) is 12.1. The van der Waals surface area contributed by atoms with Gasteiger partial charge in [-0.3, -0.25) is 4.90 Å². The number of hydrogen-bond acceptors (Lipinski definition) is 3. The molecule has 3 heteroatoms. The van der Waals surface area contributed by atoms with Crippen molar-refractivity contribution in [1.29, 1.82) is 0 Å². The Balaban J connectivity index is 2.03. The minimum atomic E-state index is 0.740. The second-order valence-corrected chi connectivity index (χ2v) is 6.11. The van der Waals surface area contributed by atoms with Gasteiger partial charge in [0.05, 0.1) is 0 Å². The molecule has 1 aromatic heterocycles. The second-order valence-electron chi connectivity index (χ2n) is 4.65. The molecule has 16 heavy (non-hydrogen) atoms. The summed E-state index contributed by atoms with van der Waals surface area (Å²) in [6.07, 6.45) is 1.30. The Hall–Kier alpha value is -0.380. The SMILES string of the molecule is CCN(Cc1cc(C)sc1C)C1CCNC1. The van der Waals surface area contributed by atoms with E-state index in [0.717, 1.165) is 25.7 Å². The number of rotatable bonds is 4. The van der Waals surface area contributed by atoms with Crippen LogP contribution in [0.25, 0.3) is 0 Å². The van der Waals surface area contributed by atoms with E-state index in [1.807, 2.05) is 11.3 Å². The maximum Gasteiger partial charge on any atom is 0.0248 e. The van der Waals surface area contributed by atoms with Gasteiger partial charge in [-0.2, -0.15) is 0 Å². The molecule has 1 aliphatic rings. The number of likely N-dealkylation sites (N-methyl/N-ethyl adjacent to an activating group) is 1. The molecule has 2 rings (SSSR count). The molecule has 90 valence electrons. The van der Waals surface area contributed by atoms with Crippen LogP contribution < -0.4 is 5.32 Å². The molecule has 1 aromatic rings. The second kappa shape index (κ2) is 5.30. The molecule has 0 aliphatic carbocycles. The summed E-state index contributed by atoms with van der Waals surface area (Å²) in [4.78, 5) is 5.53. The standard InChI is InChI=1S/C13H22N2S/c1-4-15(13-5-6-14-8-13)9-12-7-10(2)16-11(12)3/h7,13-14H,4-6,8-9H2,1-3H3. The molecule has 1 unspecified atom stereocenters. The van der Waals surface area contributed by atoms with Crippen LogP contribution in [0.2, 0.25) is 0 Å². The average molecular weight is 238 g/mol. The summed E-state index contributed by atoms with van der Waals surface area (Å²) in [5.41, 5.74) is 1.52. The number of hydrogen-bond donors (Lipinski definition) is 1. The van der Waals surface area contributed by atoms with Gasteiger partial charge in [-0.1, -0.05) is 6.92 Å². The molecule has 1 N–H and O–H groups in total. The molecular formula is C13H22N2S. The molecule has 0 saturated carbocycles. The average Bonchev–Trinajstić information content (AvgIpc) is 2.85. The van der Waals surface area contributed by atoms with Crippen molar-refractivity contribution in [2.45, 2.75) is 39.8 Å². The van der Waals surface area contributed by atoms with Crippen molar-refractivity contribution in [1.82, 2.24) is 10.2 Å². The van der Waals surface area contributed by atoms with Crippen molar-refractivity contribution in [3.8, 4) is 0 Å². The number of nitrogens with zero attached hydrogens (tertiary/aromatic N) is 1. The topological polar surface area (TPSA) is 15.3 Å². The van der Waals surface area contributed by atoms with Gasteiger partial charge in [0.25, 0.3) is 0 Å². The summed E-state index contributed by atoms with van der Waals surface area (Å²) in [5, 5.41) is 3.45. The van der Waals surface area contributed by atoms with E-state index in [1.165, 1.54) is 28.3 Å². The lowest BCUT2D eigenvalue weighted by molar-refractivity contribution is 0.210. The van der Waals surface area contributed by atoms with Gasteiger partial charge in [-0.05, 0) is 45.0 Å². The fourth-order valence-corrected chi connectivity index (χ4v) is 3.45. The molecule has 2 nitrogen and oxygen atoms in total. The Bertz CT molecular complexity index is 340. The van der Waals surface area contributed by atoms with E-state index in [1.54, 1.807) is 0 Å². The Morgan fingerprint density at radius 1 is 1.50 bits per heavy atom. The van der Waals surface area contributed by atoms with Gasteiger partial charge >= 0.3 is 0 Å². The van der Waals surface area contributed by atoms with Crippen molar-refractivity contribution in [3.05, 3.63) is 21.4 Å². The van der Waals surface area contributed by atoms with Gasteiger partial charge in [0.2, 0.25) is 0 Å². The van der Waals surface area contributed by atoms with Crippen molar-refractivity contribution in [2.24, 2.45) is 0 Å². The molecule has 0 bridgehead atoms. The summed E-state index contributed by atoms with van der Waals surface area (Å²) in [6, 6.07) is 3.09. The summed E-state index contributed by atoms with van der Waals surface area (Å²) < 4.78 is 0. The van der Waals surface area contributed by atoms with Crippen LogP contribution in [0, 0.1) is 13.8 Å². The lowest BCUT2D eigenvalue weighted by Gasteiger charge is -2.26. The summed E-state index contributed by atoms with van der Waals surface area (Å²) >= 11 is 1.92. The Morgan fingerprint density at radius 2 is 2.31 bits per heavy atom. The maximum absolute atomic E-state index is 3.45. The first-order valence-electron chi connectivity index (χ1n) is 6.21. The lowest BCUT2D eigenvalue weighted by Crippen LogP contribution is -2.36. The van der Waals surface area contributed by atoms with E-state index in [9.17, 15) is 0 Å². The molecule has 1 atom stereocenters. The van der Waals surface area contributed by atoms with Crippen LogP contribution in [0.1, 0.15) is 28.7 Å². The van der Waals surface area contributed by atoms with Gasteiger partial charge in [-0.15, -0.1) is 11.3 Å². The third kappa shape index (κ3) is 2.65. The molecule has 1 aliphatic heterocycles. The normalized spacial score (nSPS) is 20.9. The zero-order valence-electron chi connectivity index (χ0n) is 10.5. The molecule has 0 amide bonds. The van der Waals surface area contributed by atoms with Crippen molar-refractivity contribution in [3.63, 3.8) is 0 Å². The summed E-state index contributed by atoms with van der Waals surface area (Å²) in [6.45, 7) is 11.3. The maximum atomic E-state index is 3.45. The molecule has 0 aromatic carbocycles. The van der Waals surface area contributed by atoms with E-state index in [2.05, 4.69) is 37.1 Å². The van der Waals surface area contributed by atoms with Crippen LogP contribution in [-0.2, 0) is 6.54 Å². The van der Waals surface area contributed by atoms with E-state index in [4.69, 9.17) is 0 Å². The number of nitrogens with one attached hydrogen (secondary N) is 1. The summed E-state index contributed by atoms with van der Waals surface area (Å²) in [7, 11) is 0. The predicted molar refractivity (Wildman–Crippen MR) is 71.2 cm³/mol. The summed E-state index contributed by atoms with van der Waals surface area (Å²) in [5.74, 6) is 0. The van der Waals surface area contributed by atoms with Gasteiger partial charge in [0.15, 0.2) is 0 Å². The fraction of sp³-hybridized carbons (Fsp3) is 0.692. The van der Waals surface area contributed by atoms with Crippen molar-refractivity contribution < 1.29 is 0 Å². The number of aryl methyl sites for hydroxylation is 2. The van der Waals surface area contributed by atoms with Gasteiger partial charge in [-0.25, -0.2) is 0 Å². The van der Waals surface area contributed by atoms with Gasteiger partial charge < -0.3 is 5.32 Å². The molecule has 1 saturated heterocycles. The minimum absolute atomic E-state index is 0.740. The fourth-order valence-electron chi connectivity index (χ4n) is 2.51. The van der Waals surface area contributed by atoms with E-state index in [-0.39, 0.29) is 0 Å². The van der Waals surface area contributed by atoms with E-state index < -0.39 is 0 Å². The molecule has 0 spiro atoms. The molecule has 0 radical (unpaired) electrons. The Kier molecular flexibility index (Phi) is 4.00. The highest BCUT2D eigenvalue weighted by Gasteiger charge is 2.21. The monoisotopic (exact) mass is 238 g/mol. The highest BCUT2D eigenvalue weighted by Crippen LogP contribution is 2.23. The molecular weight excluding hydrogens is 216 g/mol. The molecule has 1 fully saturated rings. The van der Waals surface area contributed by atoms with E-state index >= 15 is 0 Å². The zero-order valence-corrected chi connectivity index (χ0v) is 11.4. The highest BCUT2D eigenvalue weighted by atomic mass is 32.1. The van der Waals surface area contributed by atoms with Crippen molar-refractivity contribution in [2.75, 3.05) is 19.6 Å². The third-order valence-electron chi connectivity index (χ3n) is 3.47. The van der Waals surface area contributed by atoms with Crippen molar-refractivity contribution >= 4 is 11.3 Å². The zero-order chi connectivity index (χ0) is 11.5. The molecule has 2 heterocycles.